The molecule has 1 aliphatic carbocycles. The average molecular weight is 371 g/mol. The van der Waals surface area contributed by atoms with Crippen molar-refractivity contribution in [3.63, 3.8) is 0 Å². The molecule has 2 rings (SSSR count). The van der Waals surface area contributed by atoms with E-state index in [1.54, 1.807) is 25.3 Å². The molecule has 9 heteroatoms. The van der Waals surface area contributed by atoms with Crippen molar-refractivity contribution >= 4 is 16.1 Å². The van der Waals surface area contributed by atoms with Crippen LogP contribution in [0.25, 0.3) is 0 Å². The number of urea groups is 1. The second-order valence-corrected chi connectivity index (χ2v) is 7.94. The minimum Gasteiger partial charge on any atom is -0.493 e. The van der Waals surface area contributed by atoms with Gasteiger partial charge in [0, 0.05) is 25.7 Å². The zero-order chi connectivity index (χ0) is 18.4. The van der Waals surface area contributed by atoms with Gasteiger partial charge >= 0.3 is 6.03 Å². The maximum absolute atomic E-state index is 12.0. The van der Waals surface area contributed by atoms with E-state index < -0.39 is 10.0 Å². The standard InChI is InChI=1S/C16H25N3O5S/c1-23-14-7-4-12(10-15(14)24-2)11-19(25(3,21)22)9-8-17-16(20)18-13-5-6-13/h4,7,10,13H,5-6,8-9,11H2,1-3H3,(H2,17,18,20). The maximum Gasteiger partial charge on any atom is 0.315 e. The lowest BCUT2D eigenvalue weighted by molar-refractivity contribution is 0.239. The van der Waals surface area contributed by atoms with Gasteiger partial charge in [0.25, 0.3) is 0 Å². The molecule has 0 spiro atoms. The van der Waals surface area contributed by atoms with Gasteiger partial charge < -0.3 is 20.1 Å². The van der Waals surface area contributed by atoms with Crippen LogP contribution in [-0.2, 0) is 16.6 Å². The molecule has 0 heterocycles. The Morgan fingerprint density at radius 3 is 2.48 bits per heavy atom. The van der Waals surface area contributed by atoms with Crippen molar-refractivity contribution in [1.29, 1.82) is 0 Å². The van der Waals surface area contributed by atoms with Crippen LogP contribution in [0.1, 0.15) is 18.4 Å². The molecule has 1 saturated carbocycles. The quantitative estimate of drug-likeness (QED) is 0.673. The Morgan fingerprint density at radius 1 is 1.24 bits per heavy atom. The van der Waals surface area contributed by atoms with E-state index in [4.69, 9.17) is 9.47 Å². The summed E-state index contributed by atoms with van der Waals surface area (Å²) >= 11 is 0. The minimum absolute atomic E-state index is 0.186. The Balaban J connectivity index is 1.96. The van der Waals surface area contributed by atoms with Crippen LogP contribution in [0.5, 0.6) is 11.5 Å². The van der Waals surface area contributed by atoms with Crippen LogP contribution < -0.4 is 20.1 Å². The number of rotatable bonds is 9. The van der Waals surface area contributed by atoms with Gasteiger partial charge in [0.05, 0.1) is 20.5 Å². The summed E-state index contributed by atoms with van der Waals surface area (Å²) in [5.74, 6) is 1.12. The number of amides is 2. The average Bonchev–Trinajstić information content (AvgIpc) is 3.36. The third kappa shape index (κ3) is 6.09. The van der Waals surface area contributed by atoms with Crippen molar-refractivity contribution in [2.45, 2.75) is 25.4 Å². The number of sulfonamides is 1. The molecule has 0 atom stereocenters. The molecule has 0 saturated heterocycles. The maximum atomic E-state index is 12.0. The molecule has 0 aliphatic heterocycles. The van der Waals surface area contributed by atoms with E-state index in [1.807, 2.05) is 0 Å². The first-order valence-corrected chi connectivity index (χ1v) is 9.88. The topological polar surface area (TPSA) is 97.0 Å². The van der Waals surface area contributed by atoms with Gasteiger partial charge in [-0.05, 0) is 30.5 Å². The fourth-order valence-corrected chi connectivity index (χ4v) is 3.11. The summed E-state index contributed by atoms with van der Waals surface area (Å²) < 4.78 is 35.8. The second kappa shape index (κ2) is 8.39. The molecule has 1 aliphatic rings. The Kier molecular flexibility index (Phi) is 6.49. The third-order valence-corrected chi connectivity index (χ3v) is 5.08. The highest BCUT2D eigenvalue weighted by Gasteiger charge is 2.23. The molecule has 1 aromatic carbocycles. The zero-order valence-electron chi connectivity index (χ0n) is 14.7. The second-order valence-electron chi connectivity index (χ2n) is 5.96. The van der Waals surface area contributed by atoms with E-state index in [0.29, 0.717) is 11.5 Å². The minimum atomic E-state index is -3.42. The van der Waals surface area contributed by atoms with Crippen molar-refractivity contribution in [2.24, 2.45) is 0 Å². The predicted molar refractivity (Wildman–Crippen MR) is 94.4 cm³/mol. The number of ether oxygens (including phenoxy) is 2. The molecular formula is C16H25N3O5S. The molecule has 8 nitrogen and oxygen atoms in total. The summed E-state index contributed by atoms with van der Waals surface area (Å²) in [5, 5.41) is 5.48. The summed E-state index contributed by atoms with van der Waals surface area (Å²) in [7, 11) is -0.351. The lowest BCUT2D eigenvalue weighted by Crippen LogP contribution is -2.42. The molecule has 25 heavy (non-hydrogen) atoms. The van der Waals surface area contributed by atoms with Gasteiger partial charge in [0.15, 0.2) is 11.5 Å². The van der Waals surface area contributed by atoms with Gasteiger partial charge in [-0.3, -0.25) is 0 Å². The SMILES string of the molecule is COc1ccc(CN(CCNC(=O)NC2CC2)S(C)(=O)=O)cc1OC. The zero-order valence-corrected chi connectivity index (χ0v) is 15.6. The van der Waals surface area contributed by atoms with Crippen LogP contribution in [0.15, 0.2) is 18.2 Å². The number of nitrogens with zero attached hydrogens (tertiary/aromatic N) is 1. The van der Waals surface area contributed by atoms with Gasteiger partial charge in [-0.15, -0.1) is 0 Å². The van der Waals surface area contributed by atoms with Crippen molar-refractivity contribution in [2.75, 3.05) is 33.6 Å². The summed E-state index contributed by atoms with van der Waals surface area (Å²) in [4.78, 5) is 11.6. The van der Waals surface area contributed by atoms with Crippen LogP contribution in [0.4, 0.5) is 4.79 Å². The molecule has 2 amide bonds. The predicted octanol–water partition coefficient (Wildman–Crippen LogP) is 0.927. The normalized spacial score (nSPS) is 14.2. The van der Waals surface area contributed by atoms with Gasteiger partial charge in [-0.1, -0.05) is 6.07 Å². The molecule has 0 radical (unpaired) electrons. The van der Waals surface area contributed by atoms with Crippen LogP contribution in [0.3, 0.4) is 0 Å². The number of benzene rings is 1. The number of carbonyl (C=O) groups excluding carboxylic acids is 1. The molecule has 0 bridgehead atoms. The Labute approximate surface area is 148 Å². The first-order valence-electron chi connectivity index (χ1n) is 8.04. The molecule has 1 aromatic rings. The van der Waals surface area contributed by atoms with E-state index in [-0.39, 0.29) is 31.7 Å². The van der Waals surface area contributed by atoms with Gasteiger partial charge in [-0.2, -0.15) is 4.31 Å². The summed E-state index contributed by atoms with van der Waals surface area (Å²) in [6.45, 7) is 0.606. The first kappa shape index (κ1) is 19.3. The molecule has 0 unspecified atom stereocenters. The number of methoxy groups -OCH3 is 2. The highest BCUT2D eigenvalue weighted by atomic mass is 32.2. The van der Waals surface area contributed by atoms with Crippen molar-refractivity contribution in [3.8, 4) is 11.5 Å². The summed E-state index contributed by atoms with van der Waals surface area (Å²) in [6.07, 6.45) is 3.16. The fraction of sp³-hybridized carbons (Fsp3) is 0.562. The van der Waals surface area contributed by atoms with Crippen molar-refractivity contribution in [3.05, 3.63) is 23.8 Å². The van der Waals surface area contributed by atoms with E-state index in [0.717, 1.165) is 24.7 Å². The highest BCUT2D eigenvalue weighted by Crippen LogP contribution is 2.28. The lowest BCUT2D eigenvalue weighted by Gasteiger charge is -2.21. The third-order valence-electron chi connectivity index (χ3n) is 3.84. The van der Waals surface area contributed by atoms with Crippen molar-refractivity contribution < 1.29 is 22.7 Å². The monoisotopic (exact) mass is 371 g/mol. The smallest absolute Gasteiger partial charge is 0.315 e. The molecule has 140 valence electrons. The summed E-state index contributed by atoms with van der Waals surface area (Å²) in [6, 6.07) is 5.26. The van der Waals surface area contributed by atoms with Crippen LogP contribution in [0, 0.1) is 0 Å². The van der Waals surface area contributed by atoms with Gasteiger partial charge in [-0.25, -0.2) is 13.2 Å². The fourth-order valence-electron chi connectivity index (χ4n) is 2.30. The van der Waals surface area contributed by atoms with E-state index in [1.165, 1.54) is 11.4 Å². The Bertz CT molecular complexity index is 704. The van der Waals surface area contributed by atoms with Crippen LogP contribution >= 0.6 is 0 Å². The van der Waals surface area contributed by atoms with E-state index >= 15 is 0 Å². The Morgan fingerprint density at radius 2 is 1.92 bits per heavy atom. The van der Waals surface area contributed by atoms with Gasteiger partial charge in [0.2, 0.25) is 10.0 Å². The lowest BCUT2D eigenvalue weighted by atomic mass is 10.2. The first-order chi connectivity index (χ1) is 11.8. The van der Waals surface area contributed by atoms with Crippen LogP contribution in [-0.4, -0.2) is 58.4 Å². The van der Waals surface area contributed by atoms with Gasteiger partial charge in [0.1, 0.15) is 0 Å². The summed E-state index contributed by atoms with van der Waals surface area (Å²) in [5.41, 5.74) is 0.769. The Hall–Kier alpha value is -2.00. The molecule has 0 aromatic heterocycles. The number of hydrogen-bond acceptors (Lipinski definition) is 5. The van der Waals surface area contributed by atoms with E-state index in [2.05, 4.69) is 10.6 Å². The number of hydrogen-bond donors (Lipinski definition) is 2. The molecular weight excluding hydrogens is 346 g/mol. The number of nitrogens with one attached hydrogen (secondary N) is 2. The largest absolute Gasteiger partial charge is 0.493 e. The van der Waals surface area contributed by atoms with Crippen molar-refractivity contribution in [1.82, 2.24) is 14.9 Å². The molecule has 1 fully saturated rings. The van der Waals surface area contributed by atoms with Crippen LogP contribution in [0.2, 0.25) is 0 Å². The highest BCUT2D eigenvalue weighted by molar-refractivity contribution is 7.88. The van der Waals surface area contributed by atoms with E-state index in [9.17, 15) is 13.2 Å². The number of carbonyl (C=O) groups is 1. The molecule has 2 N–H and O–H groups in total.